The fourth-order valence-electron chi connectivity index (χ4n) is 2.92. The predicted octanol–water partition coefficient (Wildman–Crippen LogP) is 2.89. The molecule has 1 aliphatic heterocycles. The zero-order valence-electron chi connectivity index (χ0n) is 14.0. The lowest BCUT2D eigenvalue weighted by molar-refractivity contribution is 0.207. The van der Waals surface area contributed by atoms with Crippen LogP contribution in [-0.2, 0) is 0 Å². The Morgan fingerprint density at radius 2 is 1.96 bits per heavy atom. The molecule has 128 valence electrons. The van der Waals surface area contributed by atoms with Crippen molar-refractivity contribution >= 4 is 28.8 Å². The number of fused-ring (bicyclic) bond motifs is 1. The number of pyridine rings is 1. The van der Waals surface area contributed by atoms with E-state index in [2.05, 4.69) is 20.2 Å². The Morgan fingerprint density at radius 3 is 2.72 bits per heavy atom. The molecular weight excluding hydrogens is 318 g/mol. The highest BCUT2D eigenvalue weighted by Gasteiger charge is 2.24. The molecule has 0 aliphatic carbocycles. The SMILES string of the molecule is Cc1cc(NC(=O)N2CCN(c3nc4ccccc4o3)CC2)ccn1. The van der Waals surface area contributed by atoms with Crippen molar-refractivity contribution in [2.75, 3.05) is 36.4 Å². The summed E-state index contributed by atoms with van der Waals surface area (Å²) in [5.41, 5.74) is 3.27. The summed E-state index contributed by atoms with van der Waals surface area (Å²) in [5, 5.41) is 2.92. The van der Waals surface area contributed by atoms with Gasteiger partial charge in [0.05, 0.1) is 0 Å². The van der Waals surface area contributed by atoms with Crippen LogP contribution in [0.15, 0.2) is 47.0 Å². The lowest BCUT2D eigenvalue weighted by Gasteiger charge is -2.33. The number of amides is 2. The van der Waals surface area contributed by atoms with Crippen molar-refractivity contribution in [1.29, 1.82) is 0 Å². The van der Waals surface area contributed by atoms with Crippen LogP contribution in [0.4, 0.5) is 16.5 Å². The average Bonchev–Trinajstić information content (AvgIpc) is 3.06. The number of hydrogen-bond acceptors (Lipinski definition) is 5. The zero-order valence-corrected chi connectivity index (χ0v) is 14.0. The van der Waals surface area contributed by atoms with Gasteiger partial charge in [0, 0.05) is 43.8 Å². The van der Waals surface area contributed by atoms with Crippen LogP contribution in [0.3, 0.4) is 0 Å². The first-order chi connectivity index (χ1) is 12.2. The van der Waals surface area contributed by atoms with E-state index in [0.29, 0.717) is 32.2 Å². The Hall–Kier alpha value is -3.09. The minimum absolute atomic E-state index is 0.0946. The molecule has 1 fully saturated rings. The molecule has 0 unspecified atom stereocenters. The highest BCUT2D eigenvalue weighted by Crippen LogP contribution is 2.22. The minimum atomic E-state index is -0.0946. The van der Waals surface area contributed by atoms with Crippen LogP contribution in [0.5, 0.6) is 0 Å². The maximum atomic E-state index is 12.4. The lowest BCUT2D eigenvalue weighted by Crippen LogP contribution is -2.50. The molecule has 0 spiro atoms. The number of carbonyl (C=O) groups excluding carboxylic acids is 1. The smallest absolute Gasteiger partial charge is 0.321 e. The highest BCUT2D eigenvalue weighted by atomic mass is 16.4. The molecule has 2 aromatic heterocycles. The van der Waals surface area contributed by atoms with E-state index in [1.807, 2.05) is 37.3 Å². The number of oxazole rings is 1. The van der Waals surface area contributed by atoms with Crippen LogP contribution in [0.1, 0.15) is 5.69 Å². The molecule has 1 aromatic carbocycles. The van der Waals surface area contributed by atoms with E-state index in [9.17, 15) is 4.79 Å². The number of benzene rings is 1. The summed E-state index contributed by atoms with van der Waals surface area (Å²) in [6.07, 6.45) is 1.69. The molecule has 4 rings (SSSR count). The van der Waals surface area contributed by atoms with E-state index in [-0.39, 0.29) is 6.03 Å². The van der Waals surface area contributed by atoms with Crippen LogP contribution in [0, 0.1) is 6.92 Å². The third kappa shape index (κ3) is 3.26. The number of aryl methyl sites for hydroxylation is 1. The van der Waals surface area contributed by atoms with Gasteiger partial charge in [0.2, 0.25) is 0 Å². The number of aromatic nitrogens is 2. The van der Waals surface area contributed by atoms with Gasteiger partial charge in [0.25, 0.3) is 6.01 Å². The van der Waals surface area contributed by atoms with Crippen LogP contribution in [-0.4, -0.2) is 47.1 Å². The molecule has 0 saturated carbocycles. The zero-order chi connectivity index (χ0) is 17.2. The molecule has 1 N–H and O–H groups in total. The van der Waals surface area contributed by atoms with E-state index in [4.69, 9.17) is 4.42 Å². The Labute approximate surface area is 145 Å². The van der Waals surface area contributed by atoms with Crippen molar-refractivity contribution in [2.45, 2.75) is 6.92 Å². The van der Waals surface area contributed by atoms with Crippen LogP contribution < -0.4 is 10.2 Å². The summed E-state index contributed by atoms with van der Waals surface area (Å²) in [4.78, 5) is 24.9. The molecule has 1 aliphatic rings. The molecule has 0 atom stereocenters. The minimum Gasteiger partial charge on any atom is -0.423 e. The Morgan fingerprint density at radius 1 is 1.16 bits per heavy atom. The van der Waals surface area contributed by atoms with Gasteiger partial charge in [0.1, 0.15) is 5.52 Å². The Balaban J connectivity index is 1.38. The van der Waals surface area contributed by atoms with Gasteiger partial charge in [0.15, 0.2) is 5.58 Å². The molecule has 0 radical (unpaired) electrons. The van der Waals surface area contributed by atoms with E-state index < -0.39 is 0 Å². The number of anilines is 2. The molecule has 3 heterocycles. The van der Waals surface area contributed by atoms with Gasteiger partial charge in [-0.05, 0) is 31.2 Å². The summed E-state index contributed by atoms with van der Waals surface area (Å²) in [5.74, 6) is 0. The number of urea groups is 1. The molecule has 2 amide bonds. The average molecular weight is 337 g/mol. The summed E-state index contributed by atoms with van der Waals surface area (Å²) in [6, 6.07) is 11.9. The van der Waals surface area contributed by atoms with Gasteiger partial charge in [-0.25, -0.2) is 4.79 Å². The molecule has 3 aromatic rings. The second kappa shape index (κ2) is 6.43. The standard InChI is InChI=1S/C18H19N5O2/c1-13-12-14(6-7-19-13)20-17(24)22-8-10-23(11-9-22)18-21-15-4-2-3-5-16(15)25-18/h2-7,12H,8-11H2,1H3,(H,19,20,24). The quantitative estimate of drug-likeness (QED) is 0.778. The second-order valence-corrected chi connectivity index (χ2v) is 6.05. The van der Waals surface area contributed by atoms with Crippen LogP contribution in [0.25, 0.3) is 11.1 Å². The normalized spacial score (nSPS) is 14.8. The molecule has 25 heavy (non-hydrogen) atoms. The number of para-hydroxylation sites is 2. The third-order valence-corrected chi connectivity index (χ3v) is 4.27. The van der Waals surface area contributed by atoms with Gasteiger partial charge in [-0.15, -0.1) is 0 Å². The van der Waals surface area contributed by atoms with Crippen LogP contribution >= 0.6 is 0 Å². The summed E-state index contributed by atoms with van der Waals surface area (Å²) in [6.45, 7) is 4.52. The van der Waals surface area contributed by atoms with Crippen molar-refractivity contribution in [3.63, 3.8) is 0 Å². The summed E-state index contributed by atoms with van der Waals surface area (Å²) < 4.78 is 5.80. The summed E-state index contributed by atoms with van der Waals surface area (Å²) >= 11 is 0. The number of hydrogen-bond donors (Lipinski definition) is 1. The molecule has 0 bridgehead atoms. The van der Waals surface area contributed by atoms with Gasteiger partial charge in [-0.3, -0.25) is 4.98 Å². The van der Waals surface area contributed by atoms with E-state index in [0.717, 1.165) is 22.5 Å². The number of piperazine rings is 1. The highest BCUT2D eigenvalue weighted by molar-refractivity contribution is 5.89. The first-order valence-electron chi connectivity index (χ1n) is 8.28. The number of nitrogens with zero attached hydrogens (tertiary/aromatic N) is 4. The topological polar surface area (TPSA) is 74.5 Å². The summed E-state index contributed by atoms with van der Waals surface area (Å²) in [7, 11) is 0. The molecule has 1 saturated heterocycles. The van der Waals surface area contributed by atoms with Crippen molar-refractivity contribution in [2.24, 2.45) is 0 Å². The van der Waals surface area contributed by atoms with E-state index in [1.165, 1.54) is 0 Å². The number of carbonyl (C=O) groups is 1. The first-order valence-corrected chi connectivity index (χ1v) is 8.28. The van der Waals surface area contributed by atoms with Gasteiger partial charge < -0.3 is 19.5 Å². The second-order valence-electron chi connectivity index (χ2n) is 6.05. The molecular formula is C18H19N5O2. The van der Waals surface area contributed by atoms with E-state index >= 15 is 0 Å². The Bertz CT molecular complexity index is 866. The van der Waals surface area contributed by atoms with Gasteiger partial charge in [-0.2, -0.15) is 4.98 Å². The van der Waals surface area contributed by atoms with Crippen molar-refractivity contribution in [1.82, 2.24) is 14.9 Å². The maximum Gasteiger partial charge on any atom is 0.321 e. The van der Waals surface area contributed by atoms with Crippen molar-refractivity contribution in [3.8, 4) is 0 Å². The lowest BCUT2D eigenvalue weighted by atomic mass is 10.3. The largest absolute Gasteiger partial charge is 0.423 e. The van der Waals surface area contributed by atoms with Crippen LogP contribution in [0.2, 0.25) is 0 Å². The fourth-order valence-corrected chi connectivity index (χ4v) is 2.92. The molecule has 7 nitrogen and oxygen atoms in total. The van der Waals surface area contributed by atoms with E-state index in [1.54, 1.807) is 17.2 Å². The molecule has 7 heteroatoms. The fraction of sp³-hybridized carbons (Fsp3) is 0.278. The van der Waals surface area contributed by atoms with Crippen molar-refractivity contribution in [3.05, 3.63) is 48.3 Å². The third-order valence-electron chi connectivity index (χ3n) is 4.27. The number of nitrogens with one attached hydrogen (secondary N) is 1. The maximum absolute atomic E-state index is 12.4. The van der Waals surface area contributed by atoms with Gasteiger partial charge in [-0.1, -0.05) is 12.1 Å². The number of rotatable bonds is 2. The first kappa shape index (κ1) is 15.4. The monoisotopic (exact) mass is 337 g/mol. The van der Waals surface area contributed by atoms with Crippen molar-refractivity contribution < 1.29 is 9.21 Å². The van der Waals surface area contributed by atoms with Gasteiger partial charge >= 0.3 is 6.03 Å². The Kier molecular flexibility index (Phi) is 3.97. The predicted molar refractivity (Wildman–Crippen MR) is 95.8 cm³/mol.